The van der Waals surface area contributed by atoms with E-state index in [0.717, 1.165) is 63.5 Å². The molecule has 28 heavy (non-hydrogen) atoms. The molecule has 0 aromatic heterocycles. The Morgan fingerprint density at radius 2 is 1.96 bits per heavy atom. The summed E-state index contributed by atoms with van der Waals surface area (Å²) in [5.41, 5.74) is 0.101. The number of carbonyl (C=O) groups is 1. The van der Waals surface area contributed by atoms with Crippen LogP contribution in [0.2, 0.25) is 0 Å². The van der Waals surface area contributed by atoms with Crippen LogP contribution in [-0.4, -0.2) is 34.8 Å². The van der Waals surface area contributed by atoms with Crippen molar-refractivity contribution in [1.82, 2.24) is 0 Å². The zero-order valence-electron chi connectivity index (χ0n) is 17.0. The molecular formula is C24H34O4. The van der Waals surface area contributed by atoms with Gasteiger partial charge in [-0.2, -0.15) is 0 Å². The van der Waals surface area contributed by atoms with Crippen LogP contribution < -0.4 is 0 Å². The van der Waals surface area contributed by atoms with Crippen LogP contribution in [0.25, 0.3) is 0 Å². The first-order valence-electron chi connectivity index (χ1n) is 11.2. The van der Waals surface area contributed by atoms with Crippen LogP contribution >= 0.6 is 0 Å². The molecule has 154 valence electrons. The van der Waals surface area contributed by atoms with Crippen molar-refractivity contribution in [1.29, 1.82) is 0 Å². The Kier molecular flexibility index (Phi) is 4.17. The van der Waals surface area contributed by atoms with Gasteiger partial charge in [0.25, 0.3) is 0 Å². The number of ether oxygens (including phenoxy) is 1. The number of hydrogen-bond donors (Lipinski definition) is 2. The van der Waals surface area contributed by atoms with E-state index in [1.165, 1.54) is 11.9 Å². The molecule has 1 aliphatic heterocycles. The van der Waals surface area contributed by atoms with Gasteiger partial charge in [0.05, 0.1) is 11.7 Å². The molecule has 7 unspecified atom stereocenters. The summed E-state index contributed by atoms with van der Waals surface area (Å²) in [6.45, 7) is 6.83. The molecule has 1 heterocycles. The summed E-state index contributed by atoms with van der Waals surface area (Å²) < 4.78 is 5.62. The molecule has 4 aliphatic carbocycles. The van der Waals surface area contributed by atoms with Crippen molar-refractivity contribution in [2.45, 2.75) is 76.4 Å². The van der Waals surface area contributed by atoms with Gasteiger partial charge in [0.15, 0.2) is 0 Å². The van der Waals surface area contributed by atoms with E-state index in [9.17, 15) is 15.0 Å². The number of allylic oxidation sites excluding steroid dienone is 1. The Balaban J connectivity index is 1.49. The van der Waals surface area contributed by atoms with Gasteiger partial charge in [-0.05, 0) is 93.1 Å². The smallest absolute Gasteiger partial charge is 0.126 e. The van der Waals surface area contributed by atoms with E-state index in [1.54, 1.807) is 0 Å². The summed E-state index contributed by atoms with van der Waals surface area (Å²) in [6.07, 6.45) is 11.1. The molecule has 0 spiro atoms. The lowest BCUT2D eigenvalue weighted by molar-refractivity contribution is -0.207. The number of hydrogen-bond acceptors (Lipinski definition) is 4. The molecule has 4 nitrogen and oxygen atoms in total. The first kappa shape index (κ1) is 18.9. The van der Waals surface area contributed by atoms with Crippen LogP contribution in [0.15, 0.2) is 24.0 Å². The monoisotopic (exact) mass is 386 g/mol. The van der Waals surface area contributed by atoms with Crippen molar-refractivity contribution < 1.29 is 19.7 Å². The Hall–Kier alpha value is -1.13. The first-order valence-corrected chi connectivity index (χ1v) is 11.2. The molecule has 0 aromatic rings. The second-order valence-corrected chi connectivity index (χ2v) is 10.6. The highest BCUT2D eigenvalue weighted by molar-refractivity contribution is 5.62. The zero-order valence-corrected chi connectivity index (χ0v) is 17.0. The average Bonchev–Trinajstić information content (AvgIpc) is 3.22. The summed E-state index contributed by atoms with van der Waals surface area (Å²) in [4.78, 5) is 12.5. The van der Waals surface area contributed by atoms with E-state index in [1.807, 2.05) is 0 Å². The molecule has 2 N–H and O–H groups in total. The second-order valence-electron chi connectivity index (χ2n) is 10.6. The molecule has 0 radical (unpaired) electrons. The van der Waals surface area contributed by atoms with E-state index < -0.39 is 5.60 Å². The van der Waals surface area contributed by atoms with Crippen molar-refractivity contribution in [3.05, 3.63) is 24.0 Å². The maximum atomic E-state index is 12.5. The standard InChI is InChI=1S/C24H34O4/c1-15-11-16(13-28-15)19-7-10-24(27)21-4-3-17-12-18(26)5-9-23(17,14-25)20(21)6-8-22(19,24)2/h11,14,17-21,26-27H,1,3-10,12-13H2,2H3/t17-,18?,19?,20?,21?,22?,23?,24?/m0/s1. The molecule has 5 aliphatic rings. The van der Waals surface area contributed by atoms with Crippen LogP contribution in [0.5, 0.6) is 0 Å². The number of carbonyl (C=O) groups excluding carboxylic acids is 1. The number of fused-ring (bicyclic) bond motifs is 5. The van der Waals surface area contributed by atoms with Crippen molar-refractivity contribution in [2.75, 3.05) is 6.61 Å². The summed E-state index contributed by atoms with van der Waals surface area (Å²) in [5.74, 6) is 1.82. The number of aldehydes is 1. The summed E-state index contributed by atoms with van der Waals surface area (Å²) in [5, 5.41) is 22.3. The molecule has 5 rings (SSSR count). The highest BCUT2D eigenvalue weighted by atomic mass is 16.5. The fraction of sp³-hybridized carbons (Fsp3) is 0.792. The predicted octanol–water partition coefficient (Wildman–Crippen LogP) is 3.77. The Bertz CT molecular complexity index is 728. The SMILES string of the molecule is C=C1C=C(C2CCC3(O)C4CC[C@H]5CC(O)CCC5(C=O)C4CCC23C)CO1. The molecule has 0 aromatic carbocycles. The lowest BCUT2D eigenvalue weighted by Crippen LogP contribution is -2.63. The molecule has 8 atom stereocenters. The fourth-order valence-electron chi connectivity index (χ4n) is 8.39. The number of aliphatic hydroxyl groups excluding tert-OH is 1. The minimum atomic E-state index is -0.706. The van der Waals surface area contributed by atoms with Crippen LogP contribution in [0.1, 0.15) is 64.7 Å². The lowest BCUT2D eigenvalue weighted by atomic mass is 9.43. The Morgan fingerprint density at radius 1 is 1.14 bits per heavy atom. The van der Waals surface area contributed by atoms with Crippen molar-refractivity contribution in [3.63, 3.8) is 0 Å². The lowest BCUT2D eigenvalue weighted by Gasteiger charge is -2.62. The average molecular weight is 387 g/mol. The van der Waals surface area contributed by atoms with Gasteiger partial charge in [-0.15, -0.1) is 0 Å². The van der Waals surface area contributed by atoms with E-state index in [4.69, 9.17) is 4.74 Å². The topological polar surface area (TPSA) is 66.8 Å². The van der Waals surface area contributed by atoms with Gasteiger partial charge < -0.3 is 19.7 Å². The van der Waals surface area contributed by atoms with Crippen LogP contribution in [-0.2, 0) is 9.53 Å². The summed E-state index contributed by atoms with van der Waals surface area (Å²) >= 11 is 0. The van der Waals surface area contributed by atoms with Crippen LogP contribution in [0.4, 0.5) is 0 Å². The van der Waals surface area contributed by atoms with E-state index in [-0.39, 0.29) is 34.7 Å². The third-order valence-corrected chi connectivity index (χ3v) is 9.83. The quantitative estimate of drug-likeness (QED) is 0.709. The van der Waals surface area contributed by atoms with Gasteiger partial charge in [0.1, 0.15) is 18.7 Å². The van der Waals surface area contributed by atoms with Gasteiger partial charge in [-0.3, -0.25) is 0 Å². The Morgan fingerprint density at radius 3 is 2.68 bits per heavy atom. The normalized spacial score (nSPS) is 52.9. The van der Waals surface area contributed by atoms with Gasteiger partial charge in [-0.25, -0.2) is 0 Å². The maximum absolute atomic E-state index is 12.5. The minimum Gasteiger partial charge on any atom is -0.490 e. The summed E-state index contributed by atoms with van der Waals surface area (Å²) in [7, 11) is 0. The third-order valence-electron chi connectivity index (χ3n) is 9.83. The number of rotatable bonds is 2. The minimum absolute atomic E-state index is 0.154. The van der Waals surface area contributed by atoms with Crippen molar-refractivity contribution >= 4 is 6.29 Å². The molecule has 0 saturated heterocycles. The first-order chi connectivity index (χ1) is 13.3. The maximum Gasteiger partial charge on any atom is 0.126 e. The molecular weight excluding hydrogens is 352 g/mol. The molecule has 4 heteroatoms. The third kappa shape index (κ3) is 2.28. The van der Waals surface area contributed by atoms with E-state index in [2.05, 4.69) is 19.6 Å². The van der Waals surface area contributed by atoms with Crippen LogP contribution in [0, 0.1) is 34.5 Å². The van der Waals surface area contributed by atoms with Crippen molar-refractivity contribution in [3.8, 4) is 0 Å². The highest BCUT2D eigenvalue weighted by Gasteiger charge is 2.68. The van der Waals surface area contributed by atoms with Gasteiger partial charge in [-0.1, -0.05) is 13.5 Å². The zero-order chi connectivity index (χ0) is 19.7. The van der Waals surface area contributed by atoms with Gasteiger partial charge >= 0.3 is 0 Å². The van der Waals surface area contributed by atoms with Crippen molar-refractivity contribution in [2.24, 2.45) is 34.5 Å². The highest BCUT2D eigenvalue weighted by Crippen LogP contribution is 2.69. The fourth-order valence-corrected chi connectivity index (χ4v) is 8.39. The molecule has 0 bridgehead atoms. The molecule has 4 fully saturated rings. The molecule has 0 amide bonds. The predicted molar refractivity (Wildman–Crippen MR) is 106 cm³/mol. The van der Waals surface area contributed by atoms with Crippen LogP contribution in [0.3, 0.4) is 0 Å². The van der Waals surface area contributed by atoms with Gasteiger partial charge in [0, 0.05) is 10.8 Å². The van der Waals surface area contributed by atoms with Gasteiger partial charge in [0.2, 0.25) is 0 Å². The van der Waals surface area contributed by atoms with E-state index in [0.29, 0.717) is 12.5 Å². The summed E-state index contributed by atoms with van der Waals surface area (Å²) in [6, 6.07) is 0. The van der Waals surface area contributed by atoms with E-state index >= 15 is 0 Å². The number of aliphatic hydroxyl groups is 2. The molecule has 4 saturated carbocycles. The largest absolute Gasteiger partial charge is 0.490 e. The Labute approximate surface area is 168 Å². The second kappa shape index (κ2) is 6.18.